The molecule has 1 heterocycles. The van der Waals surface area contributed by atoms with Crippen LogP contribution in [0, 0.1) is 0 Å². The van der Waals surface area contributed by atoms with Crippen molar-refractivity contribution in [3.63, 3.8) is 0 Å². The van der Waals surface area contributed by atoms with Crippen LogP contribution in [0.15, 0.2) is 18.3 Å². The van der Waals surface area contributed by atoms with Crippen LogP contribution in [-0.2, 0) is 4.79 Å². The topological polar surface area (TPSA) is 91.3 Å². The highest BCUT2D eigenvalue weighted by atomic mass is 16.4. The fraction of sp³-hybridized carbons (Fsp3) is 0.364. The zero-order valence-corrected chi connectivity index (χ0v) is 9.56. The van der Waals surface area contributed by atoms with Crippen molar-refractivity contribution in [1.82, 2.24) is 10.3 Å². The maximum absolute atomic E-state index is 11.4. The van der Waals surface area contributed by atoms with Gasteiger partial charge in [0.25, 0.3) is 0 Å². The maximum atomic E-state index is 11.4. The Hall–Kier alpha value is -1.95. The van der Waals surface area contributed by atoms with Gasteiger partial charge in [-0.05, 0) is 18.7 Å². The first-order valence-electron chi connectivity index (χ1n) is 5.33. The van der Waals surface area contributed by atoms with Gasteiger partial charge >= 0.3 is 5.97 Å². The highest BCUT2D eigenvalue weighted by Gasteiger charge is 2.05. The highest BCUT2D eigenvalue weighted by molar-refractivity contribution is 5.91. The van der Waals surface area contributed by atoms with E-state index in [0.717, 1.165) is 6.54 Å². The second kappa shape index (κ2) is 6.59. The standard InChI is InChI=1S/C11H15N3O3/c1-2-12-6-5-10(15)14-8-3-4-9(11(16)17)13-7-8/h3-4,7,12H,2,5-6H2,1H3,(H,14,15)(H,16,17). The predicted molar refractivity (Wildman–Crippen MR) is 63.0 cm³/mol. The monoisotopic (exact) mass is 237 g/mol. The SMILES string of the molecule is CCNCCC(=O)Nc1ccc(C(=O)O)nc1. The summed E-state index contributed by atoms with van der Waals surface area (Å²) in [5.74, 6) is -1.22. The van der Waals surface area contributed by atoms with Gasteiger partial charge in [-0.15, -0.1) is 0 Å². The summed E-state index contributed by atoms with van der Waals surface area (Å²) in [5.41, 5.74) is 0.451. The predicted octanol–water partition coefficient (Wildman–Crippen LogP) is 0.718. The molecule has 0 bridgehead atoms. The van der Waals surface area contributed by atoms with Gasteiger partial charge in [-0.25, -0.2) is 9.78 Å². The van der Waals surface area contributed by atoms with Crippen LogP contribution >= 0.6 is 0 Å². The summed E-state index contributed by atoms with van der Waals surface area (Å²) in [5, 5.41) is 14.3. The third-order valence-corrected chi connectivity index (χ3v) is 2.05. The average Bonchev–Trinajstić information content (AvgIpc) is 2.30. The molecule has 0 aliphatic rings. The molecule has 0 unspecified atom stereocenters. The summed E-state index contributed by atoms with van der Waals surface area (Å²) >= 11 is 0. The van der Waals surface area contributed by atoms with Gasteiger partial charge < -0.3 is 15.7 Å². The second-order valence-corrected chi connectivity index (χ2v) is 3.39. The third kappa shape index (κ3) is 4.60. The summed E-state index contributed by atoms with van der Waals surface area (Å²) in [6, 6.07) is 2.86. The van der Waals surface area contributed by atoms with E-state index in [2.05, 4.69) is 15.6 Å². The highest BCUT2D eigenvalue weighted by Crippen LogP contribution is 2.06. The van der Waals surface area contributed by atoms with Gasteiger partial charge in [0.2, 0.25) is 5.91 Å². The van der Waals surface area contributed by atoms with Gasteiger partial charge in [0.15, 0.2) is 0 Å². The van der Waals surface area contributed by atoms with Crippen molar-refractivity contribution in [3.05, 3.63) is 24.0 Å². The Labute approximate surface area is 99.1 Å². The van der Waals surface area contributed by atoms with Gasteiger partial charge in [-0.3, -0.25) is 4.79 Å². The van der Waals surface area contributed by atoms with Crippen molar-refractivity contribution >= 4 is 17.6 Å². The van der Waals surface area contributed by atoms with E-state index in [1.54, 1.807) is 0 Å². The molecule has 1 aromatic rings. The number of pyridine rings is 1. The van der Waals surface area contributed by atoms with Crippen LogP contribution in [0.3, 0.4) is 0 Å². The van der Waals surface area contributed by atoms with Crippen LogP contribution in [0.1, 0.15) is 23.8 Å². The fourth-order valence-corrected chi connectivity index (χ4v) is 1.20. The minimum absolute atomic E-state index is 0.0457. The Kier molecular flexibility index (Phi) is 5.09. The Morgan fingerprint density at radius 2 is 2.18 bits per heavy atom. The number of carbonyl (C=O) groups excluding carboxylic acids is 1. The first kappa shape index (κ1) is 13.1. The Balaban J connectivity index is 2.46. The molecule has 1 rings (SSSR count). The van der Waals surface area contributed by atoms with Crippen LogP contribution in [0.25, 0.3) is 0 Å². The number of hydrogen-bond donors (Lipinski definition) is 3. The molecule has 6 heteroatoms. The van der Waals surface area contributed by atoms with Gasteiger partial charge in [0.1, 0.15) is 5.69 Å². The Morgan fingerprint density at radius 1 is 1.41 bits per heavy atom. The van der Waals surface area contributed by atoms with Crippen LogP contribution in [0.4, 0.5) is 5.69 Å². The van der Waals surface area contributed by atoms with Crippen LogP contribution < -0.4 is 10.6 Å². The molecule has 0 radical (unpaired) electrons. The number of anilines is 1. The van der Waals surface area contributed by atoms with Crippen molar-refractivity contribution in [3.8, 4) is 0 Å². The molecule has 0 fully saturated rings. The van der Waals surface area contributed by atoms with E-state index in [1.807, 2.05) is 6.92 Å². The van der Waals surface area contributed by atoms with Gasteiger partial charge in [0.05, 0.1) is 11.9 Å². The van der Waals surface area contributed by atoms with Crippen molar-refractivity contribution in [2.75, 3.05) is 18.4 Å². The number of nitrogens with zero attached hydrogens (tertiary/aromatic N) is 1. The lowest BCUT2D eigenvalue weighted by Crippen LogP contribution is -2.21. The molecule has 0 atom stereocenters. The molecule has 0 saturated heterocycles. The van der Waals surface area contributed by atoms with Crippen LogP contribution in [-0.4, -0.2) is 35.1 Å². The van der Waals surface area contributed by atoms with Gasteiger partial charge in [-0.1, -0.05) is 6.92 Å². The minimum Gasteiger partial charge on any atom is -0.477 e. The van der Waals surface area contributed by atoms with E-state index < -0.39 is 5.97 Å². The van der Waals surface area contributed by atoms with Crippen LogP contribution in [0.5, 0.6) is 0 Å². The lowest BCUT2D eigenvalue weighted by Gasteiger charge is -2.05. The van der Waals surface area contributed by atoms with Crippen molar-refractivity contribution < 1.29 is 14.7 Å². The van der Waals surface area contributed by atoms with E-state index in [1.165, 1.54) is 18.3 Å². The Bertz CT molecular complexity index is 389. The number of nitrogens with one attached hydrogen (secondary N) is 2. The first-order valence-corrected chi connectivity index (χ1v) is 5.33. The molecule has 0 aliphatic carbocycles. The van der Waals surface area contributed by atoms with E-state index in [9.17, 15) is 9.59 Å². The molecule has 3 N–H and O–H groups in total. The molecule has 0 aliphatic heterocycles. The summed E-state index contributed by atoms with van der Waals surface area (Å²) in [7, 11) is 0. The fourth-order valence-electron chi connectivity index (χ4n) is 1.20. The molecule has 17 heavy (non-hydrogen) atoms. The second-order valence-electron chi connectivity index (χ2n) is 3.39. The number of aromatic carboxylic acids is 1. The summed E-state index contributed by atoms with van der Waals surface area (Å²) < 4.78 is 0. The maximum Gasteiger partial charge on any atom is 0.354 e. The summed E-state index contributed by atoms with van der Waals surface area (Å²) in [4.78, 5) is 25.7. The minimum atomic E-state index is -1.09. The molecule has 0 saturated carbocycles. The molecular weight excluding hydrogens is 222 g/mol. The lowest BCUT2D eigenvalue weighted by molar-refractivity contribution is -0.116. The summed E-state index contributed by atoms with van der Waals surface area (Å²) in [6.45, 7) is 3.40. The average molecular weight is 237 g/mol. The van der Waals surface area contributed by atoms with E-state index in [4.69, 9.17) is 5.11 Å². The zero-order valence-electron chi connectivity index (χ0n) is 9.56. The van der Waals surface area contributed by atoms with Gasteiger partial charge in [0, 0.05) is 13.0 Å². The number of carbonyl (C=O) groups is 2. The van der Waals surface area contributed by atoms with Crippen molar-refractivity contribution in [2.24, 2.45) is 0 Å². The number of aromatic nitrogens is 1. The number of carboxylic acids is 1. The third-order valence-electron chi connectivity index (χ3n) is 2.05. The smallest absolute Gasteiger partial charge is 0.354 e. The number of rotatable bonds is 6. The molecule has 0 aromatic carbocycles. The number of amides is 1. The summed E-state index contributed by atoms with van der Waals surface area (Å²) in [6.07, 6.45) is 1.70. The van der Waals surface area contributed by atoms with Crippen molar-refractivity contribution in [2.45, 2.75) is 13.3 Å². The molecule has 0 spiro atoms. The molecular formula is C11H15N3O3. The number of hydrogen-bond acceptors (Lipinski definition) is 4. The largest absolute Gasteiger partial charge is 0.477 e. The normalized spacial score (nSPS) is 9.94. The molecule has 6 nitrogen and oxygen atoms in total. The van der Waals surface area contributed by atoms with E-state index >= 15 is 0 Å². The Morgan fingerprint density at radius 3 is 2.71 bits per heavy atom. The van der Waals surface area contributed by atoms with E-state index in [-0.39, 0.29) is 11.6 Å². The van der Waals surface area contributed by atoms with Gasteiger partial charge in [-0.2, -0.15) is 0 Å². The molecule has 92 valence electrons. The molecule has 1 aromatic heterocycles. The van der Waals surface area contributed by atoms with Crippen molar-refractivity contribution in [1.29, 1.82) is 0 Å². The molecule has 1 amide bonds. The zero-order chi connectivity index (χ0) is 12.7. The number of carboxylic acid groups (broad SMARTS) is 1. The lowest BCUT2D eigenvalue weighted by atomic mass is 10.3. The quantitative estimate of drug-likeness (QED) is 0.634. The van der Waals surface area contributed by atoms with Crippen LogP contribution in [0.2, 0.25) is 0 Å². The first-order chi connectivity index (χ1) is 8.13. The van der Waals surface area contributed by atoms with E-state index in [0.29, 0.717) is 18.7 Å².